The Morgan fingerprint density at radius 1 is 1.47 bits per heavy atom. The zero-order chi connectivity index (χ0) is 12.8. The molecule has 92 valence electrons. The smallest absolute Gasteiger partial charge is 0.253 e. The van der Waals surface area contributed by atoms with E-state index in [9.17, 15) is 13.2 Å². The summed E-state index contributed by atoms with van der Waals surface area (Å²) in [5, 5.41) is 4.09. The number of aryl methyl sites for hydroxylation is 1. The van der Waals surface area contributed by atoms with E-state index in [2.05, 4.69) is 10.1 Å². The molecule has 0 atom stereocenters. The maximum absolute atomic E-state index is 12.4. The molecule has 0 aromatic carbocycles. The van der Waals surface area contributed by atoms with Crippen molar-refractivity contribution in [3.05, 3.63) is 20.5 Å². The summed E-state index contributed by atoms with van der Waals surface area (Å²) in [4.78, 5) is 3.99. The lowest BCUT2D eigenvalue weighted by Crippen LogP contribution is -2.18. The summed E-state index contributed by atoms with van der Waals surface area (Å²) >= 11 is 7.61. The fraction of sp³-hybridized carbons (Fsp3) is 0.333. The molecule has 3 nitrogen and oxygen atoms in total. The van der Waals surface area contributed by atoms with Crippen LogP contribution < -0.4 is 0 Å². The predicted molar refractivity (Wildman–Crippen MR) is 66.0 cm³/mol. The molecular formula is C9H6ClF3IN3. The SMILES string of the molecule is Cc1cc(Cl)nc2c(I)nn(CC(F)(F)F)c12. The fourth-order valence-corrected chi connectivity index (χ4v) is 2.47. The van der Waals surface area contributed by atoms with Crippen LogP contribution in [-0.2, 0) is 6.54 Å². The summed E-state index contributed by atoms with van der Waals surface area (Å²) in [5.41, 5.74) is 1.40. The highest BCUT2D eigenvalue weighted by atomic mass is 127. The van der Waals surface area contributed by atoms with Crippen molar-refractivity contribution in [1.29, 1.82) is 0 Å². The molecule has 17 heavy (non-hydrogen) atoms. The first kappa shape index (κ1) is 12.9. The first-order valence-corrected chi connectivity index (χ1v) is 5.99. The van der Waals surface area contributed by atoms with Gasteiger partial charge < -0.3 is 0 Å². The van der Waals surface area contributed by atoms with Gasteiger partial charge in [-0.2, -0.15) is 18.3 Å². The molecule has 2 rings (SSSR count). The number of alkyl halides is 3. The molecule has 0 aliphatic rings. The van der Waals surface area contributed by atoms with Crippen molar-refractivity contribution in [3.8, 4) is 0 Å². The normalized spacial score (nSPS) is 12.4. The molecule has 2 heterocycles. The van der Waals surface area contributed by atoms with E-state index in [4.69, 9.17) is 11.6 Å². The minimum Gasteiger partial charge on any atom is -0.253 e. The van der Waals surface area contributed by atoms with Gasteiger partial charge in [-0.05, 0) is 41.1 Å². The molecule has 8 heteroatoms. The second kappa shape index (κ2) is 4.27. The Morgan fingerprint density at radius 3 is 2.71 bits per heavy atom. The van der Waals surface area contributed by atoms with Gasteiger partial charge in [-0.25, -0.2) is 4.98 Å². The van der Waals surface area contributed by atoms with E-state index in [1.54, 1.807) is 6.92 Å². The summed E-state index contributed by atoms with van der Waals surface area (Å²) in [6, 6.07) is 1.52. The van der Waals surface area contributed by atoms with Crippen LogP contribution in [0, 0.1) is 10.6 Å². The van der Waals surface area contributed by atoms with E-state index in [0.29, 0.717) is 20.3 Å². The molecule has 0 saturated heterocycles. The van der Waals surface area contributed by atoms with Crippen LogP contribution in [0.5, 0.6) is 0 Å². The Hall–Kier alpha value is -0.570. The molecule has 0 radical (unpaired) electrons. The van der Waals surface area contributed by atoms with Crippen molar-refractivity contribution in [1.82, 2.24) is 14.8 Å². The lowest BCUT2D eigenvalue weighted by molar-refractivity contribution is -0.141. The Labute approximate surface area is 113 Å². The second-order valence-corrected chi connectivity index (χ2v) is 4.93. The maximum atomic E-state index is 12.4. The molecule has 0 spiro atoms. The van der Waals surface area contributed by atoms with E-state index in [1.807, 2.05) is 22.6 Å². The van der Waals surface area contributed by atoms with Gasteiger partial charge >= 0.3 is 6.18 Å². The molecular weight excluding hydrogens is 369 g/mol. The topological polar surface area (TPSA) is 30.7 Å². The summed E-state index contributed by atoms with van der Waals surface area (Å²) in [6.45, 7) is 0.553. The van der Waals surface area contributed by atoms with Crippen LogP contribution >= 0.6 is 34.2 Å². The van der Waals surface area contributed by atoms with E-state index in [1.165, 1.54) is 6.07 Å². The number of hydrogen-bond donors (Lipinski definition) is 0. The summed E-state index contributed by atoms with van der Waals surface area (Å²) in [7, 11) is 0. The molecule has 0 unspecified atom stereocenters. The third kappa shape index (κ3) is 2.65. The zero-order valence-corrected chi connectivity index (χ0v) is 11.4. The Balaban J connectivity index is 2.66. The van der Waals surface area contributed by atoms with Crippen molar-refractivity contribution >= 4 is 45.2 Å². The fourth-order valence-electron chi connectivity index (χ4n) is 1.58. The first-order valence-electron chi connectivity index (χ1n) is 4.54. The van der Waals surface area contributed by atoms with Gasteiger partial charge in [0.25, 0.3) is 0 Å². The predicted octanol–water partition coefficient (Wildman–Crippen LogP) is 3.56. The first-order chi connectivity index (χ1) is 7.78. The lowest BCUT2D eigenvalue weighted by Gasteiger charge is -2.08. The number of nitrogens with zero attached hydrogens (tertiary/aromatic N) is 3. The van der Waals surface area contributed by atoms with E-state index >= 15 is 0 Å². The van der Waals surface area contributed by atoms with Crippen molar-refractivity contribution in [3.63, 3.8) is 0 Å². The van der Waals surface area contributed by atoms with Crippen LogP contribution in [0.2, 0.25) is 5.15 Å². The number of hydrogen-bond acceptors (Lipinski definition) is 2. The average molecular weight is 376 g/mol. The van der Waals surface area contributed by atoms with Gasteiger partial charge in [-0.1, -0.05) is 11.6 Å². The molecule has 0 fully saturated rings. The van der Waals surface area contributed by atoms with Crippen molar-refractivity contribution < 1.29 is 13.2 Å². The van der Waals surface area contributed by atoms with Gasteiger partial charge in [0, 0.05) is 0 Å². The van der Waals surface area contributed by atoms with E-state index in [-0.39, 0.29) is 5.15 Å². The van der Waals surface area contributed by atoms with Crippen LogP contribution in [-0.4, -0.2) is 20.9 Å². The maximum Gasteiger partial charge on any atom is 0.408 e. The molecule has 0 N–H and O–H groups in total. The van der Waals surface area contributed by atoms with Gasteiger partial charge in [0.2, 0.25) is 0 Å². The van der Waals surface area contributed by atoms with Crippen LogP contribution in [0.25, 0.3) is 11.0 Å². The number of aromatic nitrogens is 3. The molecule has 2 aromatic rings. The van der Waals surface area contributed by atoms with Crippen LogP contribution in [0.15, 0.2) is 6.07 Å². The highest BCUT2D eigenvalue weighted by molar-refractivity contribution is 14.1. The molecule has 2 aromatic heterocycles. The number of fused-ring (bicyclic) bond motifs is 1. The zero-order valence-electron chi connectivity index (χ0n) is 8.52. The molecule has 0 saturated carbocycles. The third-order valence-electron chi connectivity index (χ3n) is 2.14. The molecule has 0 aliphatic heterocycles. The third-order valence-corrected chi connectivity index (χ3v) is 3.06. The van der Waals surface area contributed by atoms with E-state index in [0.717, 1.165) is 4.68 Å². The Morgan fingerprint density at radius 2 is 2.12 bits per heavy atom. The van der Waals surface area contributed by atoms with Crippen LogP contribution in [0.1, 0.15) is 5.56 Å². The van der Waals surface area contributed by atoms with Gasteiger partial charge in [0.1, 0.15) is 20.9 Å². The monoisotopic (exact) mass is 375 g/mol. The highest BCUT2D eigenvalue weighted by Crippen LogP contribution is 2.27. The standard InChI is InChI=1S/C9H6ClF3IN3/c1-4-2-5(10)15-6-7(4)17(16-8(6)14)3-9(11,12)13/h2H,3H2,1H3. The van der Waals surface area contributed by atoms with Crippen LogP contribution in [0.3, 0.4) is 0 Å². The number of pyridine rings is 1. The molecule has 0 bridgehead atoms. The van der Waals surface area contributed by atoms with Crippen molar-refractivity contribution in [2.75, 3.05) is 0 Å². The number of rotatable bonds is 1. The molecule has 0 aliphatic carbocycles. The van der Waals surface area contributed by atoms with Gasteiger partial charge in [0.15, 0.2) is 0 Å². The minimum atomic E-state index is -4.31. The lowest BCUT2D eigenvalue weighted by atomic mass is 10.2. The molecule has 0 amide bonds. The van der Waals surface area contributed by atoms with E-state index < -0.39 is 12.7 Å². The largest absolute Gasteiger partial charge is 0.408 e. The summed E-state index contributed by atoms with van der Waals surface area (Å²) in [5.74, 6) is 0. The van der Waals surface area contributed by atoms with Gasteiger partial charge in [-0.3, -0.25) is 4.68 Å². The average Bonchev–Trinajstić information content (AvgIpc) is 2.39. The van der Waals surface area contributed by atoms with Crippen molar-refractivity contribution in [2.45, 2.75) is 19.6 Å². The van der Waals surface area contributed by atoms with Gasteiger partial charge in [0.05, 0.1) is 5.52 Å². The van der Waals surface area contributed by atoms with Crippen molar-refractivity contribution in [2.24, 2.45) is 0 Å². The highest BCUT2D eigenvalue weighted by Gasteiger charge is 2.30. The second-order valence-electron chi connectivity index (χ2n) is 3.52. The Kier molecular flexibility index (Phi) is 3.23. The summed E-state index contributed by atoms with van der Waals surface area (Å²) in [6.07, 6.45) is -4.31. The van der Waals surface area contributed by atoms with Crippen LogP contribution in [0.4, 0.5) is 13.2 Å². The van der Waals surface area contributed by atoms with Gasteiger partial charge in [-0.15, -0.1) is 0 Å². The number of halogens is 5. The Bertz CT molecular complexity index is 579. The quantitative estimate of drug-likeness (QED) is 0.564. The summed E-state index contributed by atoms with van der Waals surface area (Å²) < 4.78 is 38.5. The minimum absolute atomic E-state index is 0.250.